The molecule has 4 rings (SSSR count). The molecule has 2 N–H and O–H groups in total. The van der Waals surface area contributed by atoms with Crippen LogP contribution in [-0.2, 0) is 0 Å². The number of hydrogen-bond acceptors (Lipinski definition) is 5. The average Bonchev–Trinajstić information content (AvgIpc) is 3.13. The van der Waals surface area contributed by atoms with E-state index >= 15 is 0 Å². The number of benzene rings is 2. The Morgan fingerprint density at radius 1 is 1.04 bits per heavy atom. The number of halogens is 2. The van der Waals surface area contributed by atoms with Gasteiger partial charge in [-0.3, -0.25) is 5.32 Å². The third-order valence-corrected chi connectivity index (χ3v) is 4.52. The van der Waals surface area contributed by atoms with Crippen LogP contribution in [0.3, 0.4) is 0 Å². The minimum absolute atomic E-state index is 0.286. The van der Waals surface area contributed by atoms with Gasteiger partial charge in [0.2, 0.25) is 0 Å². The Kier molecular flexibility index (Phi) is 4.59. The highest BCUT2D eigenvalue weighted by Gasteiger charge is 2.16. The molecule has 1 aliphatic heterocycles. The summed E-state index contributed by atoms with van der Waals surface area (Å²) in [7, 11) is 0. The molecule has 6 nitrogen and oxygen atoms in total. The first-order chi connectivity index (χ1) is 13.1. The zero-order valence-corrected chi connectivity index (χ0v) is 14.6. The molecule has 27 heavy (non-hydrogen) atoms. The van der Waals surface area contributed by atoms with Gasteiger partial charge in [-0.2, -0.15) is 0 Å². The number of hydrogen-bond donors (Lipinski definition) is 2. The molecule has 0 bridgehead atoms. The molecule has 1 aromatic heterocycles. The van der Waals surface area contributed by atoms with Gasteiger partial charge in [0.25, 0.3) is 0 Å². The van der Waals surface area contributed by atoms with E-state index in [0.29, 0.717) is 30.4 Å². The summed E-state index contributed by atoms with van der Waals surface area (Å²) in [6.07, 6.45) is 0. The Labute approximate surface area is 156 Å². The Morgan fingerprint density at radius 2 is 1.78 bits per heavy atom. The zero-order chi connectivity index (χ0) is 18.8. The largest absolute Gasteiger partial charge is 0.486 e. The number of urea groups is 1. The van der Waals surface area contributed by atoms with E-state index in [4.69, 9.17) is 9.47 Å². The second-order valence-electron chi connectivity index (χ2n) is 5.57. The predicted molar refractivity (Wildman–Crippen MR) is 97.5 cm³/mol. The number of fused-ring (bicyclic) bond motifs is 1. The number of carbonyl (C=O) groups is 1. The number of nitrogens with one attached hydrogen (secondary N) is 2. The third-order valence-electron chi connectivity index (χ3n) is 3.76. The van der Waals surface area contributed by atoms with Gasteiger partial charge in [0.1, 0.15) is 30.5 Å². The van der Waals surface area contributed by atoms with Gasteiger partial charge in [0.15, 0.2) is 16.6 Å². The number of thiazole rings is 1. The summed E-state index contributed by atoms with van der Waals surface area (Å²) in [5, 5.41) is 6.65. The first-order valence-corrected chi connectivity index (χ1v) is 8.86. The van der Waals surface area contributed by atoms with E-state index in [2.05, 4.69) is 15.6 Å². The quantitative estimate of drug-likeness (QED) is 0.692. The Hall–Kier alpha value is -3.20. The van der Waals surface area contributed by atoms with Gasteiger partial charge in [-0.25, -0.2) is 18.6 Å². The SMILES string of the molecule is O=C(Nc1nc(-c2ccc3c(c2)OCCO3)cs1)Nc1c(F)cccc1F. The van der Waals surface area contributed by atoms with Gasteiger partial charge < -0.3 is 14.8 Å². The second-order valence-corrected chi connectivity index (χ2v) is 6.43. The Bertz CT molecular complexity index is 989. The van der Waals surface area contributed by atoms with Crippen molar-refractivity contribution >= 4 is 28.2 Å². The van der Waals surface area contributed by atoms with Gasteiger partial charge in [-0.1, -0.05) is 6.07 Å². The molecule has 2 heterocycles. The minimum Gasteiger partial charge on any atom is -0.486 e. The minimum atomic E-state index is -0.860. The van der Waals surface area contributed by atoms with Crippen molar-refractivity contribution in [1.29, 1.82) is 0 Å². The Balaban J connectivity index is 1.47. The summed E-state index contributed by atoms with van der Waals surface area (Å²) in [6.45, 7) is 0.988. The van der Waals surface area contributed by atoms with Crippen LogP contribution in [0.4, 0.5) is 24.4 Å². The summed E-state index contributed by atoms with van der Waals surface area (Å²) in [4.78, 5) is 16.3. The smallest absolute Gasteiger partial charge is 0.325 e. The number of carbonyl (C=O) groups excluding carboxylic acids is 1. The number of aromatic nitrogens is 1. The van der Waals surface area contributed by atoms with Gasteiger partial charge in [0, 0.05) is 10.9 Å². The lowest BCUT2D eigenvalue weighted by Gasteiger charge is -2.18. The molecule has 0 atom stereocenters. The molecule has 0 saturated heterocycles. The van der Waals surface area contributed by atoms with E-state index in [1.807, 2.05) is 12.1 Å². The van der Waals surface area contributed by atoms with Crippen LogP contribution in [0.25, 0.3) is 11.3 Å². The van der Waals surface area contributed by atoms with Crippen LogP contribution >= 0.6 is 11.3 Å². The number of rotatable bonds is 3. The van der Waals surface area contributed by atoms with Crippen molar-refractivity contribution in [2.45, 2.75) is 0 Å². The van der Waals surface area contributed by atoms with E-state index in [-0.39, 0.29) is 5.13 Å². The van der Waals surface area contributed by atoms with Gasteiger partial charge in [-0.15, -0.1) is 11.3 Å². The molecule has 0 saturated carbocycles. The molecule has 2 aromatic carbocycles. The summed E-state index contributed by atoms with van der Waals surface area (Å²) >= 11 is 1.19. The number of nitrogens with zero attached hydrogens (tertiary/aromatic N) is 1. The van der Waals surface area contributed by atoms with Crippen LogP contribution in [0.5, 0.6) is 11.5 Å². The normalized spacial score (nSPS) is 12.5. The first kappa shape index (κ1) is 17.2. The van der Waals surface area contributed by atoms with Crippen molar-refractivity contribution in [3.05, 3.63) is 53.4 Å². The van der Waals surface area contributed by atoms with E-state index in [1.54, 1.807) is 11.4 Å². The molecule has 3 aromatic rings. The summed E-state index contributed by atoms with van der Waals surface area (Å²) in [6, 6.07) is 7.98. The van der Waals surface area contributed by atoms with E-state index < -0.39 is 23.4 Å². The van der Waals surface area contributed by atoms with Gasteiger partial charge in [-0.05, 0) is 30.3 Å². The van der Waals surface area contributed by atoms with Crippen molar-refractivity contribution in [3.63, 3.8) is 0 Å². The van der Waals surface area contributed by atoms with Crippen LogP contribution in [0.1, 0.15) is 0 Å². The number of anilines is 2. The average molecular weight is 389 g/mol. The topological polar surface area (TPSA) is 72.5 Å². The Morgan fingerprint density at radius 3 is 2.56 bits per heavy atom. The first-order valence-electron chi connectivity index (χ1n) is 7.98. The summed E-state index contributed by atoms with van der Waals surface area (Å²) in [5.74, 6) is -0.415. The lowest BCUT2D eigenvalue weighted by atomic mass is 10.1. The highest BCUT2D eigenvalue weighted by Crippen LogP contribution is 2.35. The number of para-hydroxylation sites is 1. The summed E-state index contributed by atoms with van der Waals surface area (Å²) < 4.78 is 38.2. The fourth-order valence-corrected chi connectivity index (χ4v) is 3.24. The molecule has 1 aliphatic rings. The van der Waals surface area contributed by atoms with Crippen LogP contribution in [0.15, 0.2) is 41.8 Å². The molecule has 0 radical (unpaired) electrons. The maximum absolute atomic E-state index is 13.6. The fourth-order valence-electron chi connectivity index (χ4n) is 2.53. The molecular formula is C18H13F2N3O3S. The van der Waals surface area contributed by atoms with E-state index in [0.717, 1.165) is 17.7 Å². The molecule has 138 valence electrons. The lowest BCUT2D eigenvalue weighted by molar-refractivity contribution is 0.171. The molecular weight excluding hydrogens is 376 g/mol. The van der Waals surface area contributed by atoms with E-state index in [1.165, 1.54) is 17.4 Å². The molecule has 0 fully saturated rings. The molecule has 0 aliphatic carbocycles. The lowest BCUT2D eigenvalue weighted by Crippen LogP contribution is -2.20. The highest BCUT2D eigenvalue weighted by molar-refractivity contribution is 7.14. The molecule has 2 amide bonds. The second kappa shape index (κ2) is 7.20. The fraction of sp³-hybridized carbons (Fsp3) is 0.111. The van der Waals surface area contributed by atoms with Crippen molar-refractivity contribution in [1.82, 2.24) is 4.98 Å². The highest BCUT2D eigenvalue weighted by atomic mass is 32.1. The van der Waals surface area contributed by atoms with Crippen molar-refractivity contribution < 1.29 is 23.0 Å². The van der Waals surface area contributed by atoms with Crippen LogP contribution < -0.4 is 20.1 Å². The zero-order valence-electron chi connectivity index (χ0n) is 13.8. The number of ether oxygens (including phenoxy) is 2. The van der Waals surface area contributed by atoms with Crippen LogP contribution in [0.2, 0.25) is 0 Å². The molecule has 0 unspecified atom stereocenters. The van der Waals surface area contributed by atoms with Crippen LogP contribution in [0, 0.1) is 11.6 Å². The monoisotopic (exact) mass is 389 g/mol. The maximum atomic E-state index is 13.6. The predicted octanol–water partition coefficient (Wildman–Crippen LogP) is 4.50. The van der Waals surface area contributed by atoms with Crippen molar-refractivity contribution in [2.24, 2.45) is 0 Å². The number of amides is 2. The molecule has 0 spiro atoms. The third kappa shape index (κ3) is 3.68. The van der Waals surface area contributed by atoms with Crippen LogP contribution in [-0.4, -0.2) is 24.2 Å². The van der Waals surface area contributed by atoms with Gasteiger partial charge >= 0.3 is 6.03 Å². The van der Waals surface area contributed by atoms with Gasteiger partial charge in [0.05, 0.1) is 5.69 Å². The summed E-state index contributed by atoms with van der Waals surface area (Å²) in [5.41, 5.74) is 0.909. The van der Waals surface area contributed by atoms with Crippen molar-refractivity contribution in [3.8, 4) is 22.8 Å². The standard InChI is InChI=1S/C18H13F2N3O3S/c19-11-2-1-3-12(20)16(11)22-17(24)23-18-21-13(9-27-18)10-4-5-14-15(8-10)26-7-6-25-14/h1-5,8-9H,6-7H2,(H2,21,22,23,24). The maximum Gasteiger partial charge on any atom is 0.325 e. The molecule has 9 heteroatoms. The van der Waals surface area contributed by atoms with Crippen molar-refractivity contribution in [2.75, 3.05) is 23.8 Å². The van der Waals surface area contributed by atoms with E-state index in [9.17, 15) is 13.6 Å².